The van der Waals surface area contributed by atoms with Crippen molar-refractivity contribution in [1.82, 2.24) is 9.78 Å². The van der Waals surface area contributed by atoms with Gasteiger partial charge in [-0.2, -0.15) is 5.10 Å². The summed E-state index contributed by atoms with van der Waals surface area (Å²) in [5, 5.41) is 4.14. The van der Waals surface area contributed by atoms with Gasteiger partial charge in [-0.3, -0.25) is 4.79 Å². The maximum Gasteiger partial charge on any atom is 0.343 e. The average molecular weight is 371 g/mol. The van der Waals surface area contributed by atoms with Gasteiger partial charge in [-0.15, -0.1) is 0 Å². The average Bonchev–Trinajstić information content (AvgIpc) is 3.07. The normalized spacial score (nSPS) is 15.9. The molecule has 1 aromatic carbocycles. The Labute approximate surface area is 154 Å². The predicted octanol–water partition coefficient (Wildman–Crippen LogP) is 2.43. The summed E-state index contributed by atoms with van der Waals surface area (Å²) in [5.41, 5.74) is 6.90. The number of nitrogens with two attached hydrogens (primary N) is 1. The summed E-state index contributed by atoms with van der Waals surface area (Å²) in [4.78, 5) is 24.0. The highest BCUT2D eigenvalue weighted by molar-refractivity contribution is 6.02. The number of benzene rings is 1. The molecular weight excluding hydrogens is 353 g/mol. The molecule has 2 aromatic rings. The molecule has 1 aromatic heterocycles. The van der Waals surface area contributed by atoms with Crippen molar-refractivity contribution in [2.75, 3.05) is 19.5 Å². The molecule has 0 bridgehead atoms. The zero-order valence-corrected chi connectivity index (χ0v) is 14.6. The smallest absolute Gasteiger partial charge is 0.343 e. The van der Waals surface area contributed by atoms with E-state index in [-0.39, 0.29) is 29.6 Å². The Morgan fingerprint density at radius 3 is 2.78 bits per heavy atom. The van der Waals surface area contributed by atoms with E-state index < -0.39 is 11.9 Å². The number of nitrogens with zero attached hydrogens (tertiary/aromatic N) is 2. The summed E-state index contributed by atoms with van der Waals surface area (Å²) < 4.78 is 24.4. The van der Waals surface area contributed by atoms with Crippen molar-refractivity contribution in [2.24, 2.45) is 5.92 Å². The minimum absolute atomic E-state index is 0.173. The second-order valence-electron chi connectivity index (χ2n) is 5.89. The van der Waals surface area contributed by atoms with Crippen molar-refractivity contribution in [1.29, 1.82) is 0 Å². The van der Waals surface area contributed by atoms with E-state index in [2.05, 4.69) is 9.84 Å². The van der Waals surface area contributed by atoms with Gasteiger partial charge in [-0.05, 0) is 30.3 Å². The van der Waals surface area contributed by atoms with E-state index in [1.54, 1.807) is 18.2 Å². The quantitative estimate of drug-likeness (QED) is 0.619. The number of aromatic nitrogens is 2. The van der Waals surface area contributed by atoms with Crippen molar-refractivity contribution < 1.29 is 23.5 Å². The van der Waals surface area contributed by atoms with Gasteiger partial charge in [0.1, 0.15) is 11.6 Å². The first-order valence-electron chi connectivity index (χ1n) is 8.20. The lowest BCUT2D eigenvalue weighted by atomic mass is 9.92. The number of esters is 1. The first-order valence-corrected chi connectivity index (χ1v) is 8.20. The molecule has 2 N–H and O–H groups in total. The number of halogens is 1. The Balaban J connectivity index is 1.73. The first kappa shape index (κ1) is 18.4. The molecule has 1 unspecified atom stereocenters. The van der Waals surface area contributed by atoms with E-state index in [4.69, 9.17) is 10.5 Å². The molecular formula is C19H18FN3O4. The van der Waals surface area contributed by atoms with Gasteiger partial charge in [0.15, 0.2) is 12.4 Å². The molecule has 1 atom stereocenters. The minimum atomic E-state index is -0.502. The number of hydrogen-bond acceptors (Lipinski definition) is 6. The molecule has 8 heteroatoms. The molecule has 1 aliphatic carbocycles. The lowest BCUT2D eigenvalue weighted by molar-refractivity contribution is -0.144. The third-order valence-corrected chi connectivity index (χ3v) is 4.13. The maximum atomic E-state index is 13.1. The molecule has 1 heterocycles. The van der Waals surface area contributed by atoms with Gasteiger partial charge in [0.2, 0.25) is 0 Å². The van der Waals surface area contributed by atoms with E-state index in [0.29, 0.717) is 17.9 Å². The molecule has 0 saturated carbocycles. The fraction of sp³-hybridized carbons (Fsp3) is 0.211. The highest BCUT2D eigenvalue weighted by atomic mass is 19.1. The minimum Gasteiger partial charge on any atom is -0.486 e. The summed E-state index contributed by atoms with van der Waals surface area (Å²) >= 11 is 0. The molecule has 0 aliphatic heterocycles. The topological polar surface area (TPSA) is 96.4 Å². The Kier molecular flexibility index (Phi) is 5.35. The van der Waals surface area contributed by atoms with Crippen molar-refractivity contribution in [3.05, 3.63) is 65.8 Å². The third-order valence-electron chi connectivity index (χ3n) is 4.13. The molecule has 140 valence electrons. The number of anilines is 1. The van der Waals surface area contributed by atoms with E-state index >= 15 is 0 Å². The van der Waals surface area contributed by atoms with Crippen LogP contribution in [0.1, 0.15) is 16.8 Å². The predicted molar refractivity (Wildman–Crippen MR) is 95.6 cm³/mol. The fourth-order valence-electron chi connectivity index (χ4n) is 2.68. The van der Waals surface area contributed by atoms with Crippen LogP contribution in [-0.2, 0) is 14.3 Å². The Morgan fingerprint density at radius 2 is 2.07 bits per heavy atom. The van der Waals surface area contributed by atoms with Gasteiger partial charge in [-0.25, -0.2) is 13.9 Å². The lowest BCUT2D eigenvalue weighted by Crippen LogP contribution is -2.18. The largest absolute Gasteiger partial charge is 0.486 e. The van der Waals surface area contributed by atoms with Gasteiger partial charge in [0, 0.05) is 12.3 Å². The molecule has 1 aliphatic rings. The van der Waals surface area contributed by atoms with Crippen LogP contribution in [0.15, 0.2) is 54.4 Å². The van der Waals surface area contributed by atoms with Crippen molar-refractivity contribution in [3.63, 3.8) is 0 Å². The molecule has 27 heavy (non-hydrogen) atoms. The highest BCUT2D eigenvalue weighted by Crippen LogP contribution is 2.26. The zero-order chi connectivity index (χ0) is 19.4. The Hall–Kier alpha value is -3.42. The third kappa shape index (κ3) is 4.05. The van der Waals surface area contributed by atoms with Gasteiger partial charge < -0.3 is 15.2 Å². The van der Waals surface area contributed by atoms with Crippen molar-refractivity contribution in [3.8, 4) is 5.69 Å². The number of hydrogen-bond donors (Lipinski definition) is 1. The molecule has 0 radical (unpaired) electrons. The number of allylic oxidation sites excluding steroid dienone is 4. The van der Waals surface area contributed by atoms with Gasteiger partial charge >= 0.3 is 5.97 Å². The molecule has 0 amide bonds. The van der Waals surface area contributed by atoms with E-state index in [0.717, 1.165) is 0 Å². The monoisotopic (exact) mass is 371 g/mol. The number of ketones is 1. The summed E-state index contributed by atoms with van der Waals surface area (Å²) in [7, 11) is 1.27. The second-order valence-corrected chi connectivity index (χ2v) is 5.89. The van der Waals surface area contributed by atoms with Gasteiger partial charge in [0.25, 0.3) is 0 Å². The molecule has 7 nitrogen and oxygen atoms in total. The van der Waals surface area contributed by atoms with Crippen LogP contribution in [0.4, 0.5) is 10.2 Å². The first-order chi connectivity index (χ1) is 13.0. The number of rotatable bonds is 6. The number of methoxy groups -OCH3 is 1. The SMILES string of the molecule is COC(=O)COC1=CC=CC(C(=O)c2cnn(-c3ccc(F)cc3)c2N)C1. The number of carbonyl (C=O) groups excluding carboxylic acids is 2. The summed E-state index contributed by atoms with van der Waals surface area (Å²) in [5.74, 6) is -0.907. The Morgan fingerprint density at radius 1 is 1.33 bits per heavy atom. The summed E-state index contributed by atoms with van der Waals surface area (Å²) in [6, 6.07) is 5.62. The number of ether oxygens (including phenoxy) is 2. The number of nitrogen functional groups attached to an aromatic ring is 1. The molecule has 0 saturated heterocycles. The number of Topliss-reactive ketones (excluding diaryl/α,β-unsaturated/α-hetero) is 1. The highest BCUT2D eigenvalue weighted by Gasteiger charge is 2.26. The molecule has 0 spiro atoms. The number of carbonyl (C=O) groups is 2. The van der Waals surface area contributed by atoms with E-state index in [1.165, 1.54) is 42.3 Å². The van der Waals surface area contributed by atoms with Crippen LogP contribution in [0.2, 0.25) is 0 Å². The molecule has 0 fully saturated rings. The second kappa shape index (κ2) is 7.86. The summed E-state index contributed by atoms with van der Waals surface area (Å²) in [6.07, 6.45) is 6.81. The molecule has 3 rings (SSSR count). The van der Waals surface area contributed by atoms with Crippen LogP contribution in [0.5, 0.6) is 0 Å². The standard InChI is InChI=1S/C19H18FN3O4/c1-26-17(24)11-27-15-4-2-3-12(9-15)18(25)16-10-22-23(19(16)21)14-7-5-13(20)6-8-14/h2-8,10,12H,9,11,21H2,1H3. The van der Waals surface area contributed by atoms with Crippen LogP contribution in [0.3, 0.4) is 0 Å². The lowest BCUT2D eigenvalue weighted by Gasteiger charge is -2.17. The maximum absolute atomic E-state index is 13.1. The van der Waals surface area contributed by atoms with Crippen LogP contribution < -0.4 is 5.73 Å². The Bertz CT molecular complexity index is 916. The van der Waals surface area contributed by atoms with Crippen LogP contribution in [0.25, 0.3) is 5.69 Å². The van der Waals surface area contributed by atoms with Crippen LogP contribution >= 0.6 is 0 Å². The zero-order valence-electron chi connectivity index (χ0n) is 14.6. The van der Waals surface area contributed by atoms with Crippen LogP contribution in [-0.4, -0.2) is 35.2 Å². The van der Waals surface area contributed by atoms with Gasteiger partial charge in [-0.1, -0.05) is 12.2 Å². The van der Waals surface area contributed by atoms with Crippen molar-refractivity contribution in [2.45, 2.75) is 6.42 Å². The fourth-order valence-corrected chi connectivity index (χ4v) is 2.68. The summed E-state index contributed by atoms with van der Waals surface area (Å²) in [6.45, 7) is -0.221. The van der Waals surface area contributed by atoms with Gasteiger partial charge in [0.05, 0.1) is 30.3 Å². The van der Waals surface area contributed by atoms with E-state index in [1.807, 2.05) is 0 Å². The van der Waals surface area contributed by atoms with E-state index in [9.17, 15) is 14.0 Å². The van der Waals surface area contributed by atoms with Crippen molar-refractivity contribution >= 4 is 17.6 Å². The van der Waals surface area contributed by atoms with Crippen LogP contribution in [0, 0.1) is 11.7 Å².